The highest BCUT2D eigenvalue weighted by molar-refractivity contribution is 5.89. The molecule has 0 bridgehead atoms. The number of piperazine rings is 1. The molecule has 1 saturated heterocycles. The van der Waals surface area contributed by atoms with Gasteiger partial charge in [-0.3, -0.25) is 0 Å². The second-order valence-electron chi connectivity index (χ2n) is 7.22. The topological polar surface area (TPSA) is 88.4 Å². The standard InChI is InChI=1S/C21H25N7O2/c1-15-13-16(2)28(25-15)20-8-7-19(23-24-20)26-9-11-27(12-10-26)21(29)22-17-5-4-6-18(14-17)30-3/h4-8,13-14H,9-12H2,1-3H3,(H,22,29). The maximum Gasteiger partial charge on any atom is 0.321 e. The maximum atomic E-state index is 12.6. The molecule has 0 saturated carbocycles. The lowest BCUT2D eigenvalue weighted by Gasteiger charge is -2.35. The zero-order chi connectivity index (χ0) is 21.1. The number of urea groups is 1. The molecule has 1 aromatic carbocycles. The minimum atomic E-state index is -0.117. The van der Waals surface area contributed by atoms with Crippen molar-refractivity contribution in [3.05, 3.63) is 53.9 Å². The number of benzene rings is 1. The van der Waals surface area contributed by atoms with Crippen molar-refractivity contribution < 1.29 is 9.53 Å². The second-order valence-corrected chi connectivity index (χ2v) is 7.22. The van der Waals surface area contributed by atoms with Crippen LogP contribution >= 0.6 is 0 Å². The number of carbonyl (C=O) groups is 1. The number of methoxy groups -OCH3 is 1. The smallest absolute Gasteiger partial charge is 0.321 e. The van der Waals surface area contributed by atoms with Gasteiger partial charge in [-0.25, -0.2) is 9.48 Å². The molecule has 0 aliphatic carbocycles. The Morgan fingerprint density at radius 3 is 2.37 bits per heavy atom. The molecule has 2 amide bonds. The van der Waals surface area contributed by atoms with Crippen LogP contribution in [0, 0.1) is 13.8 Å². The molecule has 1 aliphatic heterocycles. The summed E-state index contributed by atoms with van der Waals surface area (Å²) in [5.74, 6) is 2.20. The van der Waals surface area contributed by atoms with Gasteiger partial charge in [-0.1, -0.05) is 6.07 Å². The first-order valence-corrected chi connectivity index (χ1v) is 9.86. The maximum absolute atomic E-state index is 12.6. The van der Waals surface area contributed by atoms with Gasteiger partial charge in [-0.2, -0.15) is 5.10 Å². The number of aromatic nitrogens is 4. The number of carbonyl (C=O) groups excluding carboxylic acids is 1. The summed E-state index contributed by atoms with van der Waals surface area (Å²) in [5.41, 5.74) is 2.68. The number of hydrogen-bond acceptors (Lipinski definition) is 6. The van der Waals surface area contributed by atoms with Gasteiger partial charge in [0.05, 0.1) is 12.8 Å². The van der Waals surface area contributed by atoms with E-state index < -0.39 is 0 Å². The quantitative estimate of drug-likeness (QED) is 0.715. The molecule has 0 radical (unpaired) electrons. The van der Waals surface area contributed by atoms with E-state index >= 15 is 0 Å². The largest absolute Gasteiger partial charge is 0.497 e. The third kappa shape index (κ3) is 4.19. The summed E-state index contributed by atoms with van der Waals surface area (Å²) in [6.07, 6.45) is 0. The third-order valence-corrected chi connectivity index (χ3v) is 5.07. The van der Waals surface area contributed by atoms with Crippen molar-refractivity contribution in [3.8, 4) is 11.6 Å². The van der Waals surface area contributed by atoms with Gasteiger partial charge in [0.25, 0.3) is 0 Å². The van der Waals surface area contributed by atoms with E-state index in [2.05, 4.69) is 25.5 Å². The fraction of sp³-hybridized carbons (Fsp3) is 0.333. The van der Waals surface area contributed by atoms with E-state index in [-0.39, 0.29) is 6.03 Å². The van der Waals surface area contributed by atoms with Gasteiger partial charge in [0.15, 0.2) is 11.6 Å². The number of hydrogen-bond donors (Lipinski definition) is 1. The van der Waals surface area contributed by atoms with E-state index in [1.807, 2.05) is 50.2 Å². The Hall–Kier alpha value is -3.62. The number of ether oxygens (including phenoxy) is 1. The molecular weight excluding hydrogens is 382 g/mol. The molecule has 4 rings (SSSR count). The van der Waals surface area contributed by atoms with E-state index in [4.69, 9.17) is 4.74 Å². The molecule has 9 heteroatoms. The first-order valence-electron chi connectivity index (χ1n) is 9.86. The Morgan fingerprint density at radius 1 is 1.00 bits per heavy atom. The van der Waals surface area contributed by atoms with Gasteiger partial charge in [0, 0.05) is 43.6 Å². The lowest BCUT2D eigenvalue weighted by Crippen LogP contribution is -2.50. The molecule has 3 heterocycles. The van der Waals surface area contributed by atoms with Crippen LogP contribution in [0.4, 0.5) is 16.3 Å². The molecule has 1 fully saturated rings. The normalized spacial score (nSPS) is 14.0. The van der Waals surface area contributed by atoms with Crippen molar-refractivity contribution in [3.63, 3.8) is 0 Å². The van der Waals surface area contributed by atoms with E-state index in [1.54, 1.807) is 22.8 Å². The molecule has 2 aromatic heterocycles. The van der Waals surface area contributed by atoms with Crippen LogP contribution in [0.15, 0.2) is 42.5 Å². The van der Waals surface area contributed by atoms with Crippen molar-refractivity contribution >= 4 is 17.5 Å². The molecule has 0 spiro atoms. The van der Waals surface area contributed by atoms with Crippen molar-refractivity contribution in [2.75, 3.05) is 43.5 Å². The van der Waals surface area contributed by atoms with Crippen LogP contribution in [0.25, 0.3) is 5.82 Å². The highest BCUT2D eigenvalue weighted by Crippen LogP contribution is 2.19. The third-order valence-electron chi connectivity index (χ3n) is 5.07. The Bertz CT molecular complexity index is 1020. The van der Waals surface area contributed by atoms with Crippen LogP contribution in [0.2, 0.25) is 0 Å². The van der Waals surface area contributed by atoms with Crippen LogP contribution in [0.3, 0.4) is 0 Å². The fourth-order valence-electron chi connectivity index (χ4n) is 3.50. The Balaban J connectivity index is 1.35. The summed E-state index contributed by atoms with van der Waals surface area (Å²) >= 11 is 0. The molecule has 1 N–H and O–H groups in total. The number of nitrogens with one attached hydrogen (secondary N) is 1. The van der Waals surface area contributed by atoms with Crippen LogP contribution in [-0.2, 0) is 0 Å². The summed E-state index contributed by atoms with van der Waals surface area (Å²) in [6.45, 7) is 6.55. The minimum Gasteiger partial charge on any atom is -0.497 e. The highest BCUT2D eigenvalue weighted by Gasteiger charge is 2.22. The van der Waals surface area contributed by atoms with Crippen LogP contribution < -0.4 is 15.0 Å². The Labute approximate surface area is 175 Å². The van der Waals surface area contributed by atoms with Crippen LogP contribution in [0.1, 0.15) is 11.4 Å². The molecular formula is C21H25N7O2. The Morgan fingerprint density at radius 2 is 1.73 bits per heavy atom. The minimum absolute atomic E-state index is 0.117. The first-order chi connectivity index (χ1) is 14.5. The average molecular weight is 407 g/mol. The summed E-state index contributed by atoms with van der Waals surface area (Å²) in [6, 6.07) is 13.1. The molecule has 1 aliphatic rings. The zero-order valence-corrected chi connectivity index (χ0v) is 17.4. The summed E-state index contributed by atoms with van der Waals surface area (Å²) in [7, 11) is 1.60. The lowest BCUT2D eigenvalue weighted by atomic mass is 10.3. The number of amides is 2. The summed E-state index contributed by atoms with van der Waals surface area (Å²) < 4.78 is 6.98. The van der Waals surface area contributed by atoms with Gasteiger partial charge >= 0.3 is 6.03 Å². The lowest BCUT2D eigenvalue weighted by molar-refractivity contribution is 0.208. The van der Waals surface area contributed by atoms with Gasteiger partial charge in [-0.05, 0) is 44.2 Å². The van der Waals surface area contributed by atoms with Crippen molar-refractivity contribution in [1.82, 2.24) is 24.9 Å². The van der Waals surface area contributed by atoms with Gasteiger partial charge < -0.3 is 19.9 Å². The fourth-order valence-corrected chi connectivity index (χ4v) is 3.50. The van der Waals surface area contributed by atoms with Gasteiger partial charge in [0.2, 0.25) is 0 Å². The zero-order valence-electron chi connectivity index (χ0n) is 17.4. The molecule has 156 valence electrons. The first kappa shape index (κ1) is 19.7. The summed E-state index contributed by atoms with van der Waals surface area (Å²) in [5, 5.41) is 16.1. The predicted molar refractivity (Wildman–Crippen MR) is 114 cm³/mol. The van der Waals surface area contributed by atoms with E-state index in [9.17, 15) is 4.79 Å². The Kier molecular flexibility index (Phi) is 5.51. The van der Waals surface area contributed by atoms with E-state index in [0.29, 0.717) is 43.4 Å². The molecule has 30 heavy (non-hydrogen) atoms. The van der Waals surface area contributed by atoms with Crippen molar-refractivity contribution in [2.24, 2.45) is 0 Å². The molecule has 0 atom stereocenters. The van der Waals surface area contributed by atoms with Crippen molar-refractivity contribution in [2.45, 2.75) is 13.8 Å². The molecule has 9 nitrogen and oxygen atoms in total. The van der Waals surface area contributed by atoms with Gasteiger partial charge in [0.1, 0.15) is 5.75 Å². The molecule has 3 aromatic rings. The van der Waals surface area contributed by atoms with E-state index in [1.165, 1.54) is 0 Å². The predicted octanol–water partition coefficient (Wildman–Crippen LogP) is 2.64. The number of rotatable bonds is 4. The SMILES string of the molecule is COc1cccc(NC(=O)N2CCN(c3ccc(-n4nc(C)cc4C)nn3)CC2)c1. The second kappa shape index (κ2) is 8.40. The van der Waals surface area contributed by atoms with Crippen LogP contribution in [-0.4, -0.2) is 64.2 Å². The van der Waals surface area contributed by atoms with Crippen molar-refractivity contribution in [1.29, 1.82) is 0 Å². The number of aryl methyl sites for hydroxylation is 2. The highest BCUT2D eigenvalue weighted by atomic mass is 16.5. The molecule has 0 unspecified atom stereocenters. The van der Waals surface area contributed by atoms with Gasteiger partial charge in [-0.15, -0.1) is 10.2 Å². The monoisotopic (exact) mass is 407 g/mol. The summed E-state index contributed by atoms with van der Waals surface area (Å²) in [4.78, 5) is 16.5. The number of anilines is 2. The average Bonchev–Trinajstić information content (AvgIpc) is 3.12. The number of nitrogens with zero attached hydrogens (tertiary/aromatic N) is 6. The van der Waals surface area contributed by atoms with E-state index in [0.717, 1.165) is 17.2 Å². The van der Waals surface area contributed by atoms with Crippen LogP contribution in [0.5, 0.6) is 5.75 Å².